The lowest BCUT2D eigenvalue weighted by Crippen LogP contribution is -2.50. The number of piperazine rings is 1. The molecule has 0 aliphatic carbocycles. The predicted octanol–water partition coefficient (Wildman–Crippen LogP) is 1.29. The Kier molecular flexibility index (Phi) is 6.44. The van der Waals surface area contributed by atoms with E-state index in [9.17, 15) is 9.59 Å². The largest absolute Gasteiger partial charge is 0.450 e. The van der Waals surface area contributed by atoms with Crippen LogP contribution in [0.5, 0.6) is 0 Å². The van der Waals surface area contributed by atoms with Gasteiger partial charge in [-0.05, 0) is 26.7 Å². The summed E-state index contributed by atoms with van der Waals surface area (Å²) in [5.74, 6) is 1.02. The third-order valence-corrected chi connectivity index (χ3v) is 4.68. The molecule has 1 unspecified atom stereocenters. The van der Waals surface area contributed by atoms with Crippen LogP contribution in [-0.4, -0.2) is 83.8 Å². The Balaban J connectivity index is 1.58. The summed E-state index contributed by atoms with van der Waals surface area (Å²) in [6.45, 7) is 7.20. The molecule has 3 rings (SSSR count). The molecule has 0 aromatic carbocycles. The average molecular weight is 377 g/mol. The second-order valence-corrected chi connectivity index (χ2v) is 6.68. The topological polar surface area (TPSA) is 96.9 Å². The molecule has 1 aromatic rings. The van der Waals surface area contributed by atoms with Crippen LogP contribution in [0.1, 0.15) is 36.1 Å². The van der Waals surface area contributed by atoms with Gasteiger partial charge in [0.15, 0.2) is 0 Å². The highest BCUT2D eigenvalue weighted by Crippen LogP contribution is 2.15. The van der Waals surface area contributed by atoms with Crippen LogP contribution in [0.3, 0.4) is 0 Å². The molecule has 1 N–H and O–H groups in total. The van der Waals surface area contributed by atoms with E-state index in [1.165, 1.54) is 0 Å². The van der Waals surface area contributed by atoms with Gasteiger partial charge in [-0.1, -0.05) is 0 Å². The van der Waals surface area contributed by atoms with Crippen LogP contribution in [0.15, 0.2) is 6.07 Å². The second kappa shape index (κ2) is 8.98. The lowest BCUT2D eigenvalue weighted by Gasteiger charge is -2.33. The number of hydrogen-bond donors (Lipinski definition) is 1. The number of rotatable bonds is 5. The minimum atomic E-state index is -0.330. The van der Waals surface area contributed by atoms with Gasteiger partial charge in [0.25, 0.3) is 5.91 Å². The number of carbonyl (C=O) groups is 2. The number of aromatic nitrogens is 2. The highest BCUT2D eigenvalue weighted by atomic mass is 16.6. The molecule has 0 bridgehead atoms. The summed E-state index contributed by atoms with van der Waals surface area (Å²) >= 11 is 0. The molecule has 0 spiro atoms. The van der Waals surface area contributed by atoms with Crippen molar-refractivity contribution in [1.29, 1.82) is 0 Å². The van der Waals surface area contributed by atoms with E-state index < -0.39 is 0 Å². The third kappa shape index (κ3) is 5.06. The second-order valence-electron chi connectivity index (χ2n) is 6.68. The summed E-state index contributed by atoms with van der Waals surface area (Å²) in [5, 5.41) is 3.25. The van der Waals surface area contributed by atoms with Crippen molar-refractivity contribution in [2.45, 2.75) is 32.8 Å². The van der Waals surface area contributed by atoms with Gasteiger partial charge in [0.2, 0.25) is 0 Å². The highest BCUT2D eigenvalue weighted by molar-refractivity contribution is 5.93. The van der Waals surface area contributed by atoms with Gasteiger partial charge in [-0.2, -0.15) is 0 Å². The molecule has 3 heterocycles. The van der Waals surface area contributed by atoms with Crippen molar-refractivity contribution in [3.63, 3.8) is 0 Å². The number of nitrogens with one attached hydrogen (secondary N) is 1. The van der Waals surface area contributed by atoms with Crippen LogP contribution in [-0.2, 0) is 9.47 Å². The maximum Gasteiger partial charge on any atom is 0.409 e. The summed E-state index contributed by atoms with van der Waals surface area (Å²) < 4.78 is 10.6. The molecule has 2 aliphatic heterocycles. The summed E-state index contributed by atoms with van der Waals surface area (Å²) in [4.78, 5) is 36.6. The van der Waals surface area contributed by atoms with E-state index in [-0.39, 0.29) is 18.1 Å². The molecule has 148 valence electrons. The molecule has 2 saturated heterocycles. The molecule has 1 aromatic heterocycles. The van der Waals surface area contributed by atoms with Crippen LogP contribution in [0, 0.1) is 6.92 Å². The predicted molar refractivity (Wildman–Crippen MR) is 98.7 cm³/mol. The fraction of sp³-hybridized carbons (Fsp3) is 0.667. The van der Waals surface area contributed by atoms with Gasteiger partial charge >= 0.3 is 6.09 Å². The SMILES string of the molecule is CCOC(=O)N1CCN(C(=O)c2cc(NCC3CCCO3)nc(C)n2)CC1. The van der Waals surface area contributed by atoms with Crippen LogP contribution >= 0.6 is 0 Å². The summed E-state index contributed by atoms with van der Waals surface area (Å²) in [5.41, 5.74) is 0.363. The number of amides is 2. The standard InChI is InChI=1S/C18H27N5O4/c1-3-26-18(25)23-8-6-22(7-9-23)17(24)15-11-16(21-13(2)20-15)19-12-14-5-4-10-27-14/h11,14H,3-10,12H2,1-2H3,(H,19,20,21). The molecule has 2 fully saturated rings. The molecule has 9 nitrogen and oxygen atoms in total. The first-order chi connectivity index (χ1) is 13.1. The first-order valence-corrected chi connectivity index (χ1v) is 9.49. The van der Waals surface area contributed by atoms with E-state index in [1.54, 1.807) is 29.7 Å². The zero-order chi connectivity index (χ0) is 19.2. The number of nitrogens with zero attached hydrogens (tertiary/aromatic N) is 4. The Morgan fingerprint density at radius 1 is 1.26 bits per heavy atom. The monoisotopic (exact) mass is 377 g/mol. The van der Waals surface area contributed by atoms with Crippen LogP contribution in [0.2, 0.25) is 0 Å². The fourth-order valence-electron chi connectivity index (χ4n) is 3.26. The number of ether oxygens (including phenoxy) is 2. The number of aryl methyl sites for hydroxylation is 1. The molecule has 0 saturated carbocycles. The van der Waals surface area contributed by atoms with Gasteiger partial charge in [-0.3, -0.25) is 4.79 Å². The molecular formula is C18H27N5O4. The molecular weight excluding hydrogens is 350 g/mol. The highest BCUT2D eigenvalue weighted by Gasteiger charge is 2.26. The number of hydrogen-bond acceptors (Lipinski definition) is 7. The normalized spacial score (nSPS) is 19.9. The van der Waals surface area contributed by atoms with Crippen molar-refractivity contribution in [2.75, 3.05) is 51.3 Å². The zero-order valence-electron chi connectivity index (χ0n) is 15.9. The maximum absolute atomic E-state index is 12.8. The van der Waals surface area contributed by atoms with Gasteiger partial charge in [-0.15, -0.1) is 0 Å². The maximum atomic E-state index is 12.8. The summed E-state index contributed by atoms with van der Waals surface area (Å²) in [6.07, 6.45) is 1.98. The average Bonchev–Trinajstić information content (AvgIpc) is 3.19. The summed E-state index contributed by atoms with van der Waals surface area (Å²) in [7, 11) is 0. The van der Waals surface area contributed by atoms with E-state index in [1.807, 2.05) is 0 Å². The molecule has 9 heteroatoms. The number of carbonyl (C=O) groups excluding carboxylic acids is 2. The quantitative estimate of drug-likeness (QED) is 0.826. The first kappa shape index (κ1) is 19.3. The van der Waals surface area contributed by atoms with Gasteiger partial charge < -0.3 is 24.6 Å². The first-order valence-electron chi connectivity index (χ1n) is 9.49. The molecule has 27 heavy (non-hydrogen) atoms. The Morgan fingerprint density at radius 3 is 2.67 bits per heavy atom. The smallest absolute Gasteiger partial charge is 0.409 e. The Morgan fingerprint density at radius 2 is 2.00 bits per heavy atom. The van der Waals surface area contributed by atoms with Gasteiger partial charge in [0.1, 0.15) is 17.3 Å². The Labute approximate surface area is 159 Å². The minimum absolute atomic E-state index is 0.149. The molecule has 1 atom stereocenters. The van der Waals surface area contributed by atoms with Crippen molar-refractivity contribution in [2.24, 2.45) is 0 Å². The van der Waals surface area contributed by atoms with Gasteiger partial charge in [-0.25, -0.2) is 14.8 Å². The molecule has 2 aliphatic rings. The minimum Gasteiger partial charge on any atom is -0.450 e. The van der Waals surface area contributed by atoms with E-state index in [0.717, 1.165) is 19.4 Å². The number of anilines is 1. The Bertz CT molecular complexity index is 670. The van der Waals surface area contributed by atoms with Crippen molar-refractivity contribution in [3.05, 3.63) is 17.6 Å². The fourth-order valence-corrected chi connectivity index (χ4v) is 3.26. The Hall–Kier alpha value is -2.42. The van der Waals surface area contributed by atoms with E-state index in [2.05, 4.69) is 15.3 Å². The van der Waals surface area contributed by atoms with Gasteiger partial charge in [0.05, 0.1) is 12.7 Å². The van der Waals surface area contributed by atoms with Gasteiger partial charge in [0, 0.05) is 45.4 Å². The molecule has 2 amide bonds. The van der Waals surface area contributed by atoms with Crippen molar-refractivity contribution < 1.29 is 19.1 Å². The van der Waals surface area contributed by atoms with Crippen LogP contribution < -0.4 is 5.32 Å². The van der Waals surface area contributed by atoms with Crippen LogP contribution in [0.25, 0.3) is 0 Å². The van der Waals surface area contributed by atoms with Crippen molar-refractivity contribution in [1.82, 2.24) is 19.8 Å². The lowest BCUT2D eigenvalue weighted by atomic mass is 10.2. The third-order valence-electron chi connectivity index (χ3n) is 4.68. The van der Waals surface area contributed by atoms with E-state index in [4.69, 9.17) is 9.47 Å². The van der Waals surface area contributed by atoms with Crippen molar-refractivity contribution in [3.8, 4) is 0 Å². The van der Waals surface area contributed by atoms with Crippen LogP contribution in [0.4, 0.5) is 10.6 Å². The van der Waals surface area contributed by atoms with Crippen molar-refractivity contribution >= 4 is 17.8 Å². The lowest BCUT2D eigenvalue weighted by molar-refractivity contribution is 0.0565. The van der Waals surface area contributed by atoms with E-state index in [0.29, 0.717) is 56.7 Å². The zero-order valence-corrected chi connectivity index (χ0v) is 15.9. The molecule has 0 radical (unpaired) electrons. The summed E-state index contributed by atoms with van der Waals surface area (Å²) in [6, 6.07) is 1.68. The van der Waals surface area contributed by atoms with E-state index >= 15 is 0 Å².